The van der Waals surface area contributed by atoms with Gasteiger partial charge in [0.1, 0.15) is 0 Å². The zero-order chi connectivity index (χ0) is 27.5. The van der Waals surface area contributed by atoms with E-state index in [4.69, 9.17) is 14.7 Å². The third-order valence-corrected chi connectivity index (χ3v) is 7.08. The number of nitrogens with zero attached hydrogens (tertiary/aromatic N) is 5. The van der Waals surface area contributed by atoms with Gasteiger partial charge in [-0.1, -0.05) is 18.2 Å². The van der Waals surface area contributed by atoms with Gasteiger partial charge in [0.2, 0.25) is 11.9 Å². The molecule has 1 aliphatic rings. The van der Waals surface area contributed by atoms with Crippen molar-refractivity contribution < 1.29 is 9.53 Å². The number of hydrogen-bond acceptors (Lipinski definition) is 7. The molecule has 39 heavy (non-hydrogen) atoms. The average molecular weight is 528 g/mol. The molecule has 0 unspecified atom stereocenters. The molecule has 0 saturated carbocycles. The number of carbonyl (C=O) groups excluding carboxylic acids is 1. The summed E-state index contributed by atoms with van der Waals surface area (Å²) < 4.78 is 7.94. The van der Waals surface area contributed by atoms with Crippen LogP contribution in [-0.2, 0) is 29.6 Å². The number of nitrogens with one attached hydrogen (secondary N) is 2. The number of aryl methyl sites for hydroxylation is 1. The summed E-state index contributed by atoms with van der Waals surface area (Å²) in [6, 6.07) is 14.4. The van der Waals surface area contributed by atoms with E-state index in [-0.39, 0.29) is 5.91 Å². The molecule has 0 bridgehead atoms. The topological polar surface area (TPSA) is 87.6 Å². The third kappa shape index (κ3) is 5.74. The highest BCUT2D eigenvalue weighted by atomic mass is 16.5. The van der Waals surface area contributed by atoms with E-state index >= 15 is 0 Å². The molecule has 4 aromatic rings. The summed E-state index contributed by atoms with van der Waals surface area (Å²) in [7, 11) is 6.18. The monoisotopic (exact) mass is 527 g/mol. The Kier molecular flexibility index (Phi) is 7.81. The van der Waals surface area contributed by atoms with Crippen molar-refractivity contribution in [3.05, 3.63) is 59.9 Å². The van der Waals surface area contributed by atoms with E-state index in [1.54, 1.807) is 0 Å². The zero-order valence-corrected chi connectivity index (χ0v) is 23.4. The SMILES string of the molecule is CCN(CCN(C)C)c1ccc(Nc2nc3c(c(-c4cn(C)c5ccccc45)n2)COCC3)cc1NC(C)=O. The summed E-state index contributed by atoms with van der Waals surface area (Å²) in [5.74, 6) is 0.417. The highest BCUT2D eigenvalue weighted by Crippen LogP contribution is 2.35. The van der Waals surface area contributed by atoms with E-state index < -0.39 is 0 Å². The molecule has 1 aliphatic heterocycles. The number of ether oxygens (including phenoxy) is 1. The molecule has 5 rings (SSSR count). The number of hydrogen-bond donors (Lipinski definition) is 2. The largest absolute Gasteiger partial charge is 0.376 e. The molecule has 0 atom stereocenters. The van der Waals surface area contributed by atoms with Gasteiger partial charge < -0.3 is 29.7 Å². The Labute approximate surface area is 229 Å². The van der Waals surface area contributed by atoms with Crippen LogP contribution in [0.3, 0.4) is 0 Å². The number of anilines is 4. The molecule has 2 aromatic carbocycles. The van der Waals surface area contributed by atoms with Crippen molar-refractivity contribution in [1.82, 2.24) is 19.4 Å². The lowest BCUT2D eigenvalue weighted by Gasteiger charge is -2.27. The van der Waals surface area contributed by atoms with Gasteiger partial charge in [0, 0.05) is 73.9 Å². The van der Waals surface area contributed by atoms with Crippen LogP contribution in [0, 0.1) is 0 Å². The van der Waals surface area contributed by atoms with Crippen LogP contribution >= 0.6 is 0 Å². The molecule has 0 saturated heterocycles. The number of fused-ring (bicyclic) bond motifs is 2. The number of rotatable bonds is 9. The molecule has 3 heterocycles. The van der Waals surface area contributed by atoms with Gasteiger partial charge in [-0.3, -0.25) is 4.79 Å². The number of para-hydroxylation sites is 1. The molecule has 0 spiro atoms. The van der Waals surface area contributed by atoms with Crippen molar-refractivity contribution in [3.8, 4) is 11.3 Å². The minimum atomic E-state index is -0.111. The van der Waals surface area contributed by atoms with Gasteiger partial charge in [0.15, 0.2) is 0 Å². The Morgan fingerprint density at radius 1 is 1.13 bits per heavy atom. The van der Waals surface area contributed by atoms with E-state index in [2.05, 4.69) is 77.5 Å². The van der Waals surface area contributed by atoms with Gasteiger partial charge in [-0.05, 0) is 45.3 Å². The van der Waals surface area contributed by atoms with Gasteiger partial charge in [-0.15, -0.1) is 0 Å². The summed E-state index contributed by atoms with van der Waals surface area (Å²) in [5.41, 5.74) is 7.69. The standard InChI is InChI=1S/C30H37N7O2/c1-6-37(15-14-35(3)4)28-12-11-21(17-26(28)31-20(2)38)32-30-33-25-13-16-39-19-24(25)29(34-30)23-18-36(5)27-10-8-7-9-22(23)27/h7-12,17-18H,6,13-16,19H2,1-5H3,(H,31,38)(H,32,33,34). The number of amides is 1. The maximum absolute atomic E-state index is 12.1. The Hall–Kier alpha value is -3.95. The maximum atomic E-state index is 12.1. The Bertz CT molecular complexity index is 1490. The van der Waals surface area contributed by atoms with Gasteiger partial charge in [0.25, 0.3) is 0 Å². The van der Waals surface area contributed by atoms with Gasteiger partial charge in [-0.25, -0.2) is 9.97 Å². The van der Waals surface area contributed by atoms with Gasteiger partial charge in [0.05, 0.1) is 36.0 Å². The second-order valence-corrected chi connectivity index (χ2v) is 10.2. The van der Waals surface area contributed by atoms with Crippen molar-refractivity contribution in [2.45, 2.75) is 26.9 Å². The maximum Gasteiger partial charge on any atom is 0.228 e. The predicted molar refractivity (Wildman–Crippen MR) is 158 cm³/mol. The molecule has 0 radical (unpaired) electrons. The quantitative estimate of drug-likeness (QED) is 0.323. The lowest BCUT2D eigenvalue weighted by Crippen LogP contribution is -2.32. The van der Waals surface area contributed by atoms with E-state index in [1.165, 1.54) is 6.92 Å². The molecule has 2 N–H and O–H groups in total. The van der Waals surface area contributed by atoms with Crippen molar-refractivity contribution in [1.29, 1.82) is 0 Å². The summed E-state index contributed by atoms with van der Waals surface area (Å²) in [6.45, 7) is 7.39. The fourth-order valence-electron chi connectivity index (χ4n) is 5.12. The summed E-state index contributed by atoms with van der Waals surface area (Å²) in [5, 5.41) is 7.58. The van der Waals surface area contributed by atoms with Crippen molar-refractivity contribution in [2.24, 2.45) is 7.05 Å². The number of likely N-dealkylation sites (N-methyl/N-ethyl adjacent to an activating group) is 2. The normalized spacial score (nSPS) is 13.0. The van der Waals surface area contributed by atoms with E-state index in [9.17, 15) is 4.79 Å². The number of aromatic nitrogens is 3. The fraction of sp³-hybridized carbons (Fsp3) is 0.367. The molecule has 9 nitrogen and oxygen atoms in total. The first-order valence-corrected chi connectivity index (χ1v) is 13.4. The average Bonchev–Trinajstić information content (AvgIpc) is 3.25. The Balaban J connectivity index is 1.53. The Morgan fingerprint density at radius 3 is 2.72 bits per heavy atom. The van der Waals surface area contributed by atoms with Crippen molar-refractivity contribution in [2.75, 3.05) is 55.9 Å². The predicted octanol–water partition coefficient (Wildman–Crippen LogP) is 4.80. The van der Waals surface area contributed by atoms with E-state index in [1.807, 2.05) is 24.3 Å². The fourth-order valence-corrected chi connectivity index (χ4v) is 5.12. The Morgan fingerprint density at radius 2 is 1.95 bits per heavy atom. The highest BCUT2D eigenvalue weighted by Gasteiger charge is 2.22. The van der Waals surface area contributed by atoms with Crippen molar-refractivity contribution in [3.63, 3.8) is 0 Å². The molecular weight excluding hydrogens is 490 g/mol. The first-order valence-electron chi connectivity index (χ1n) is 13.4. The molecule has 204 valence electrons. The number of carbonyl (C=O) groups is 1. The first-order chi connectivity index (χ1) is 18.8. The minimum Gasteiger partial charge on any atom is -0.376 e. The second-order valence-electron chi connectivity index (χ2n) is 10.2. The lowest BCUT2D eigenvalue weighted by molar-refractivity contribution is -0.114. The van der Waals surface area contributed by atoms with Crippen LogP contribution in [0.5, 0.6) is 0 Å². The zero-order valence-electron chi connectivity index (χ0n) is 23.4. The van der Waals surface area contributed by atoms with Crippen LogP contribution in [0.2, 0.25) is 0 Å². The molecule has 0 fully saturated rings. The number of benzene rings is 2. The summed E-state index contributed by atoms with van der Waals surface area (Å²) in [4.78, 5) is 26.4. The molecule has 0 aliphatic carbocycles. The summed E-state index contributed by atoms with van der Waals surface area (Å²) >= 11 is 0. The van der Waals surface area contributed by atoms with Gasteiger partial charge >= 0.3 is 0 Å². The van der Waals surface area contributed by atoms with Crippen LogP contribution in [-0.4, -0.2) is 65.7 Å². The van der Waals surface area contributed by atoms with Gasteiger partial charge in [-0.2, -0.15) is 0 Å². The van der Waals surface area contributed by atoms with Crippen LogP contribution < -0.4 is 15.5 Å². The lowest BCUT2D eigenvalue weighted by atomic mass is 10.0. The summed E-state index contributed by atoms with van der Waals surface area (Å²) in [6.07, 6.45) is 2.86. The van der Waals surface area contributed by atoms with Crippen LogP contribution in [0.15, 0.2) is 48.7 Å². The minimum absolute atomic E-state index is 0.111. The molecule has 9 heteroatoms. The molecular formula is C30H37N7O2. The first kappa shape index (κ1) is 26.6. The molecule has 1 amide bonds. The van der Waals surface area contributed by atoms with Crippen LogP contribution in [0.1, 0.15) is 25.1 Å². The second kappa shape index (κ2) is 11.4. The van der Waals surface area contributed by atoms with E-state index in [0.717, 1.165) is 76.5 Å². The van der Waals surface area contributed by atoms with E-state index in [0.29, 0.717) is 19.2 Å². The van der Waals surface area contributed by atoms with Crippen LogP contribution in [0.25, 0.3) is 22.2 Å². The third-order valence-electron chi connectivity index (χ3n) is 7.08. The smallest absolute Gasteiger partial charge is 0.228 e. The molecule has 2 aromatic heterocycles. The van der Waals surface area contributed by atoms with Crippen molar-refractivity contribution >= 4 is 39.8 Å². The highest BCUT2D eigenvalue weighted by molar-refractivity contribution is 5.96. The van der Waals surface area contributed by atoms with Crippen LogP contribution in [0.4, 0.5) is 23.0 Å².